The Bertz CT molecular complexity index is 630. The Kier molecular flexibility index (Phi) is 3.52. The highest BCUT2D eigenvalue weighted by atomic mass is 79.9. The fraction of sp³-hybridized carbons (Fsp3) is 0.214. The minimum atomic E-state index is 0.134. The molecule has 0 spiro atoms. The van der Waals surface area contributed by atoms with Crippen LogP contribution in [0.3, 0.4) is 0 Å². The average Bonchev–Trinajstić information content (AvgIpc) is 2.44. The van der Waals surface area contributed by atoms with Gasteiger partial charge in [-0.3, -0.25) is 0 Å². The van der Waals surface area contributed by atoms with Gasteiger partial charge in [-0.2, -0.15) is 5.26 Å². The van der Waals surface area contributed by atoms with Crippen LogP contribution in [0.25, 0.3) is 0 Å². The molecule has 1 aromatic heterocycles. The fourth-order valence-electron chi connectivity index (χ4n) is 1.95. The standard InChI is InChI=1S/C14H11BrN4O/c15-11-6-17-14(18-7-11)19-8-13(9-19)20-12-3-1-10(5-16)2-4-12/h1-4,6-7,13H,8-9H2. The van der Waals surface area contributed by atoms with Crippen LogP contribution in [-0.4, -0.2) is 29.2 Å². The molecule has 0 N–H and O–H groups in total. The van der Waals surface area contributed by atoms with E-state index in [1.165, 1.54) is 0 Å². The molecule has 1 aliphatic rings. The van der Waals surface area contributed by atoms with Crippen LogP contribution in [0.5, 0.6) is 5.75 Å². The van der Waals surface area contributed by atoms with Crippen molar-refractivity contribution < 1.29 is 4.74 Å². The summed E-state index contributed by atoms with van der Waals surface area (Å²) in [5, 5.41) is 8.73. The van der Waals surface area contributed by atoms with E-state index < -0.39 is 0 Å². The van der Waals surface area contributed by atoms with E-state index in [2.05, 4.69) is 36.9 Å². The van der Waals surface area contributed by atoms with Gasteiger partial charge in [0.25, 0.3) is 0 Å². The summed E-state index contributed by atoms with van der Waals surface area (Å²) in [7, 11) is 0. The number of hydrogen-bond acceptors (Lipinski definition) is 5. The average molecular weight is 331 g/mol. The Labute approximate surface area is 125 Å². The zero-order chi connectivity index (χ0) is 13.9. The quantitative estimate of drug-likeness (QED) is 0.864. The lowest BCUT2D eigenvalue weighted by molar-refractivity contribution is 0.166. The van der Waals surface area contributed by atoms with E-state index in [1.807, 2.05) is 12.1 Å². The molecule has 0 amide bonds. The lowest BCUT2D eigenvalue weighted by atomic mass is 10.2. The number of halogens is 1. The molecule has 0 saturated carbocycles. The highest BCUT2D eigenvalue weighted by Crippen LogP contribution is 2.22. The molecular weight excluding hydrogens is 320 g/mol. The van der Waals surface area contributed by atoms with Crippen molar-refractivity contribution in [3.63, 3.8) is 0 Å². The summed E-state index contributed by atoms with van der Waals surface area (Å²) in [6.45, 7) is 1.53. The largest absolute Gasteiger partial charge is 0.487 e. The first kappa shape index (κ1) is 12.9. The molecule has 6 heteroatoms. The van der Waals surface area contributed by atoms with Crippen molar-refractivity contribution in [3.05, 3.63) is 46.7 Å². The second kappa shape index (κ2) is 5.47. The molecule has 1 fully saturated rings. The zero-order valence-electron chi connectivity index (χ0n) is 10.5. The van der Waals surface area contributed by atoms with E-state index in [0.29, 0.717) is 11.5 Å². The Morgan fingerprint density at radius 1 is 1.20 bits per heavy atom. The Morgan fingerprint density at radius 2 is 1.85 bits per heavy atom. The number of nitrogens with zero attached hydrogens (tertiary/aromatic N) is 4. The van der Waals surface area contributed by atoms with Gasteiger partial charge in [0.15, 0.2) is 0 Å². The van der Waals surface area contributed by atoms with E-state index in [0.717, 1.165) is 23.3 Å². The van der Waals surface area contributed by atoms with Crippen LogP contribution in [0, 0.1) is 11.3 Å². The van der Waals surface area contributed by atoms with Crippen LogP contribution in [-0.2, 0) is 0 Å². The van der Waals surface area contributed by atoms with Crippen molar-refractivity contribution in [3.8, 4) is 11.8 Å². The van der Waals surface area contributed by atoms with Crippen LogP contribution in [0.4, 0.5) is 5.95 Å². The number of aromatic nitrogens is 2. The van der Waals surface area contributed by atoms with Crippen LogP contribution in [0.1, 0.15) is 5.56 Å². The predicted octanol–water partition coefficient (Wildman–Crippen LogP) is 2.38. The molecule has 0 radical (unpaired) electrons. The molecule has 100 valence electrons. The summed E-state index contributed by atoms with van der Waals surface area (Å²) >= 11 is 3.31. The molecule has 1 aliphatic heterocycles. The summed E-state index contributed by atoms with van der Waals surface area (Å²) in [4.78, 5) is 10.5. The van der Waals surface area contributed by atoms with Crippen molar-refractivity contribution in [2.45, 2.75) is 6.10 Å². The van der Waals surface area contributed by atoms with Crippen LogP contribution < -0.4 is 9.64 Å². The van der Waals surface area contributed by atoms with Crippen molar-refractivity contribution >= 4 is 21.9 Å². The summed E-state index contributed by atoms with van der Waals surface area (Å²) in [5.74, 6) is 1.50. The van der Waals surface area contributed by atoms with Crippen LogP contribution in [0.15, 0.2) is 41.1 Å². The van der Waals surface area contributed by atoms with Crippen molar-refractivity contribution in [2.75, 3.05) is 18.0 Å². The molecule has 0 atom stereocenters. The third kappa shape index (κ3) is 2.73. The van der Waals surface area contributed by atoms with E-state index >= 15 is 0 Å². The van der Waals surface area contributed by atoms with Gasteiger partial charge in [0.2, 0.25) is 5.95 Å². The molecule has 2 heterocycles. The van der Waals surface area contributed by atoms with Gasteiger partial charge in [-0.1, -0.05) is 0 Å². The molecule has 1 saturated heterocycles. The summed E-state index contributed by atoms with van der Waals surface area (Å²) in [6, 6.07) is 9.23. The molecule has 5 nitrogen and oxygen atoms in total. The predicted molar refractivity (Wildman–Crippen MR) is 77.5 cm³/mol. The topological polar surface area (TPSA) is 62.0 Å². The normalized spacial score (nSPS) is 14.5. The number of ether oxygens (including phenoxy) is 1. The van der Waals surface area contributed by atoms with Gasteiger partial charge in [-0.15, -0.1) is 0 Å². The summed E-state index contributed by atoms with van der Waals surface area (Å²) in [6.07, 6.45) is 3.60. The number of anilines is 1. The summed E-state index contributed by atoms with van der Waals surface area (Å²) < 4.78 is 6.68. The maximum Gasteiger partial charge on any atom is 0.225 e. The van der Waals surface area contributed by atoms with E-state index in [1.54, 1.807) is 24.5 Å². The first-order valence-electron chi connectivity index (χ1n) is 6.14. The van der Waals surface area contributed by atoms with Gasteiger partial charge >= 0.3 is 0 Å². The maximum atomic E-state index is 8.73. The Hall–Kier alpha value is -2.13. The van der Waals surface area contributed by atoms with Gasteiger partial charge in [0.05, 0.1) is 29.2 Å². The molecular formula is C14H11BrN4O. The fourth-order valence-corrected chi connectivity index (χ4v) is 2.15. The number of nitriles is 1. The number of hydrogen-bond donors (Lipinski definition) is 0. The highest BCUT2D eigenvalue weighted by molar-refractivity contribution is 9.10. The van der Waals surface area contributed by atoms with Gasteiger partial charge in [0.1, 0.15) is 11.9 Å². The minimum Gasteiger partial charge on any atom is -0.487 e. The third-order valence-electron chi connectivity index (χ3n) is 3.02. The lowest BCUT2D eigenvalue weighted by Crippen LogP contribution is -2.54. The van der Waals surface area contributed by atoms with Gasteiger partial charge in [0, 0.05) is 12.4 Å². The van der Waals surface area contributed by atoms with Crippen LogP contribution in [0.2, 0.25) is 0 Å². The second-order valence-electron chi connectivity index (χ2n) is 4.48. The Balaban J connectivity index is 1.55. The molecule has 0 aliphatic carbocycles. The van der Waals surface area contributed by atoms with Gasteiger partial charge < -0.3 is 9.64 Å². The van der Waals surface area contributed by atoms with E-state index in [4.69, 9.17) is 10.00 Å². The smallest absolute Gasteiger partial charge is 0.225 e. The second-order valence-corrected chi connectivity index (χ2v) is 5.40. The highest BCUT2D eigenvalue weighted by Gasteiger charge is 2.30. The molecule has 0 unspecified atom stereocenters. The maximum absolute atomic E-state index is 8.73. The molecule has 3 rings (SSSR count). The molecule has 2 aromatic rings. The van der Waals surface area contributed by atoms with Gasteiger partial charge in [-0.25, -0.2) is 9.97 Å². The van der Waals surface area contributed by atoms with Gasteiger partial charge in [-0.05, 0) is 40.2 Å². The number of rotatable bonds is 3. The first-order valence-corrected chi connectivity index (χ1v) is 6.93. The van der Waals surface area contributed by atoms with Crippen molar-refractivity contribution in [1.82, 2.24) is 9.97 Å². The van der Waals surface area contributed by atoms with E-state index in [-0.39, 0.29) is 6.10 Å². The lowest BCUT2D eigenvalue weighted by Gasteiger charge is -2.38. The van der Waals surface area contributed by atoms with E-state index in [9.17, 15) is 0 Å². The molecule has 0 bridgehead atoms. The summed E-state index contributed by atoms with van der Waals surface area (Å²) in [5.41, 5.74) is 0.635. The zero-order valence-corrected chi connectivity index (χ0v) is 12.1. The van der Waals surface area contributed by atoms with Crippen LogP contribution >= 0.6 is 15.9 Å². The number of benzene rings is 1. The first-order chi connectivity index (χ1) is 9.74. The SMILES string of the molecule is N#Cc1ccc(OC2CN(c3ncc(Br)cn3)C2)cc1. The van der Waals surface area contributed by atoms with Crippen molar-refractivity contribution in [1.29, 1.82) is 5.26 Å². The Morgan fingerprint density at radius 3 is 2.45 bits per heavy atom. The van der Waals surface area contributed by atoms with Crippen molar-refractivity contribution in [2.24, 2.45) is 0 Å². The minimum absolute atomic E-state index is 0.134. The monoisotopic (exact) mass is 330 g/mol. The third-order valence-corrected chi connectivity index (χ3v) is 3.43. The molecule has 20 heavy (non-hydrogen) atoms. The molecule has 1 aromatic carbocycles.